The summed E-state index contributed by atoms with van der Waals surface area (Å²) in [5.41, 5.74) is 2.65. The van der Waals surface area contributed by atoms with Crippen LogP contribution in [0.2, 0.25) is 0 Å². The third-order valence-electron chi connectivity index (χ3n) is 4.98. The number of H-pyrrole nitrogens is 1. The van der Waals surface area contributed by atoms with E-state index in [0.717, 1.165) is 35.0 Å². The van der Waals surface area contributed by atoms with E-state index in [2.05, 4.69) is 4.98 Å². The summed E-state index contributed by atoms with van der Waals surface area (Å²) in [5.74, 6) is 0.0632. The fourth-order valence-corrected chi connectivity index (χ4v) is 3.48. The highest BCUT2D eigenvalue weighted by Gasteiger charge is 2.26. The minimum Gasteiger partial charge on any atom is -0.393 e. The van der Waals surface area contributed by atoms with E-state index in [1.54, 1.807) is 6.07 Å². The molecule has 0 spiro atoms. The van der Waals surface area contributed by atoms with Crippen LogP contribution in [0.5, 0.6) is 0 Å². The Morgan fingerprint density at radius 1 is 1.43 bits per heavy atom. The van der Waals surface area contributed by atoms with Gasteiger partial charge in [0.15, 0.2) is 0 Å². The topological polar surface area (TPSA) is 56.3 Å². The number of benzene rings is 1. The van der Waals surface area contributed by atoms with Gasteiger partial charge in [-0.3, -0.25) is 4.79 Å². The predicted octanol–water partition coefficient (Wildman–Crippen LogP) is 2.78. The lowest BCUT2D eigenvalue weighted by Crippen LogP contribution is -2.41. The molecule has 124 valence electrons. The number of aryl methyl sites for hydroxylation is 1. The molecule has 1 saturated heterocycles. The second-order valence-electron chi connectivity index (χ2n) is 6.55. The van der Waals surface area contributed by atoms with Crippen molar-refractivity contribution in [2.75, 3.05) is 13.1 Å². The Balaban J connectivity index is 1.74. The smallest absolute Gasteiger partial charge is 0.227 e. The van der Waals surface area contributed by atoms with Crippen LogP contribution in [0, 0.1) is 18.7 Å². The molecule has 1 amide bonds. The number of hydrogen-bond donors (Lipinski definition) is 2. The summed E-state index contributed by atoms with van der Waals surface area (Å²) in [6, 6.07) is 4.62. The van der Waals surface area contributed by atoms with Crippen molar-refractivity contribution in [1.82, 2.24) is 9.88 Å². The molecule has 1 aromatic carbocycles. The van der Waals surface area contributed by atoms with Gasteiger partial charge in [0, 0.05) is 29.7 Å². The van der Waals surface area contributed by atoms with Gasteiger partial charge in [-0.2, -0.15) is 0 Å². The largest absolute Gasteiger partial charge is 0.393 e. The maximum Gasteiger partial charge on any atom is 0.227 e. The van der Waals surface area contributed by atoms with Crippen LogP contribution in [0.15, 0.2) is 18.2 Å². The molecule has 0 bridgehead atoms. The number of aromatic nitrogens is 1. The van der Waals surface area contributed by atoms with Gasteiger partial charge < -0.3 is 15.0 Å². The Bertz CT molecular complexity index is 715. The minimum absolute atomic E-state index is 0.0716. The molecule has 2 aromatic rings. The van der Waals surface area contributed by atoms with Gasteiger partial charge in [-0.15, -0.1) is 0 Å². The minimum atomic E-state index is -0.314. The Morgan fingerprint density at radius 2 is 2.13 bits per heavy atom. The van der Waals surface area contributed by atoms with Crippen molar-refractivity contribution >= 4 is 16.8 Å². The van der Waals surface area contributed by atoms with Crippen LogP contribution in [0.25, 0.3) is 10.9 Å². The van der Waals surface area contributed by atoms with Crippen LogP contribution in [0.3, 0.4) is 0 Å². The van der Waals surface area contributed by atoms with Crippen molar-refractivity contribution in [3.8, 4) is 0 Å². The van der Waals surface area contributed by atoms with Gasteiger partial charge >= 0.3 is 0 Å². The second-order valence-corrected chi connectivity index (χ2v) is 6.55. The van der Waals surface area contributed by atoms with Crippen LogP contribution in [0.4, 0.5) is 4.39 Å². The van der Waals surface area contributed by atoms with Crippen LogP contribution >= 0.6 is 0 Å². The molecule has 1 unspecified atom stereocenters. The number of nitrogens with one attached hydrogen (secondary N) is 1. The summed E-state index contributed by atoms with van der Waals surface area (Å²) in [6.45, 7) is 5.10. The van der Waals surface area contributed by atoms with Crippen LogP contribution in [0.1, 0.15) is 31.0 Å². The zero-order chi connectivity index (χ0) is 16.6. The molecule has 4 nitrogen and oxygen atoms in total. The van der Waals surface area contributed by atoms with E-state index in [1.807, 2.05) is 18.7 Å². The number of nitrogens with zero attached hydrogens (tertiary/aromatic N) is 1. The average molecular weight is 318 g/mol. The summed E-state index contributed by atoms with van der Waals surface area (Å²) >= 11 is 0. The lowest BCUT2D eigenvalue weighted by atomic mass is 9.92. The fourth-order valence-electron chi connectivity index (χ4n) is 3.48. The number of likely N-dealkylation sites (tertiary alicyclic amines) is 1. The first-order valence-corrected chi connectivity index (χ1v) is 8.18. The first kappa shape index (κ1) is 16.0. The number of halogens is 1. The van der Waals surface area contributed by atoms with E-state index in [-0.39, 0.29) is 30.2 Å². The Morgan fingerprint density at radius 3 is 2.78 bits per heavy atom. The van der Waals surface area contributed by atoms with Gasteiger partial charge in [-0.1, -0.05) is 0 Å². The standard InChI is InChI=1S/C18H23FN2O2/c1-11-15(16-9-14(19)3-4-17(16)20-11)10-18(23)21-7-5-13(6-8-21)12(2)22/h3-4,9,12-13,20,22H,5-8,10H2,1-2H3. The molecule has 1 aliphatic rings. The summed E-state index contributed by atoms with van der Waals surface area (Å²) < 4.78 is 13.5. The Hall–Kier alpha value is -1.88. The van der Waals surface area contributed by atoms with Gasteiger partial charge in [0.2, 0.25) is 5.91 Å². The number of carbonyl (C=O) groups excluding carboxylic acids is 1. The normalized spacial score (nSPS) is 17.7. The molecule has 0 radical (unpaired) electrons. The molecule has 2 N–H and O–H groups in total. The number of aliphatic hydroxyl groups is 1. The zero-order valence-corrected chi connectivity index (χ0v) is 13.6. The molecule has 1 atom stereocenters. The van der Waals surface area contributed by atoms with Crippen LogP contribution in [-0.4, -0.2) is 40.1 Å². The maximum absolute atomic E-state index is 13.5. The lowest BCUT2D eigenvalue weighted by Gasteiger charge is -2.33. The summed E-state index contributed by atoms with van der Waals surface area (Å²) in [4.78, 5) is 17.7. The third kappa shape index (κ3) is 3.24. The van der Waals surface area contributed by atoms with Crippen molar-refractivity contribution in [2.45, 2.75) is 39.2 Å². The van der Waals surface area contributed by atoms with E-state index in [0.29, 0.717) is 13.1 Å². The number of rotatable bonds is 3. The van der Waals surface area contributed by atoms with E-state index >= 15 is 0 Å². The maximum atomic E-state index is 13.5. The quantitative estimate of drug-likeness (QED) is 0.914. The monoisotopic (exact) mass is 318 g/mol. The molecular formula is C18H23FN2O2. The summed E-state index contributed by atoms with van der Waals surface area (Å²) in [5, 5.41) is 10.4. The molecule has 0 aliphatic carbocycles. The van der Waals surface area contributed by atoms with Gasteiger partial charge in [-0.25, -0.2) is 4.39 Å². The molecule has 0 saturated carbocycles. The van der Waals surface area contributed by atoms with Crippen LogP contribution < -0.4 is 0 Å². The number of piperidine rings is 1. The van der Waals surface area contributed by atoms with E-state index in [4.69, 9.17) is 0 Å². The van der Waals surface area contributed by atoms with Crippen molar-refractivity contribution in [1.29, 1.82) is 0 Å². The molecule has 3 rings (SSSR count). The van der Waals surface area contributed by atoms with Gasteiger partial charge in [0.1, 0.15) is 5.82 Å². The van der Waals surface area contributed by atoms with Gasteiger partial charge in [0.05, 0.1) is 12.5 Å². The first-order valence-electron chi connectivity index (χ1n) is 8.18. The predicted molar refractivity (Wildman–Crippen MR) is 87.7 cm³/mol. The number of carbonyl (C=O) groups is 1. The SMILES string of the molecule is Cc1[nH]c2ccc(F)cc2c1CC(=O)N1CCC(C(C)O)CC1. The zero-order valence-electron chi connectivity index (χ0n) is 13.6. The first-order chi connectivity index (χ1) is 11.0. The van der Waals surface area contributed by atoms with E-state index < -0.39 is 0 Å². The van der Waals surface area contributed by atoms with Gasteiger partial charge in [0.25, 0.3) is 0 Å². The highest BCUT2D eigenvalue weighted by molar-refractivity contribution is 5.90. The molecule has 5 heteroatoms. The Kier molecular flexibility index (Phi) is 4.39. The average Bonchev–Trinajstić information content (AvgIpc) is 2.83. The van der Waals surface area contributed by atoms with Crippen molar-refractivity contribution in [3.63, 3.8) is 0 Å². The molecular weight excluding hydrogens is 295 g/mol. The highest BCUT2D eigenvalue weighted by Crippen LogP contribution is 2.25. The van der Waals surface area contributed by atoms with Gasteiger partial charge in [-0.05, 0) is 56.4 Å². The summed E-state index contributed by atoms with van der Waals surface area (Å²) in [7, 11) is 0. The highest BCUT2D eigenvalue weighted by atomic mass is 19.1. The lowest BCUT2D eigenvalue weighted by molar-refractivity contribution is -0.132. The fraction of sp³-hybridized carbons (Fsp3) is 0.500. The van der Waals surface area contributed by atoms with Crippen LogP contribution in [-0.2, 0) is 11.2 Å². The Labute approximate surface area is 135 Å². The molecule has 23 heavy (non-hydrogen) atoms. The number of aliphatic hydroxyl groups excluding tert-OH is 1. The number of amides is 1. The molecule has 2 heterocycles. The third-order valence-corrected chi connectivity index (χ3v) is 4.98. The number of aromatic amines is 1. The molecule has 1 aromatic heterocycles. The van der Waals surface area contributed by atoms with Crippen molar-refractivity contribution in [2.24, 2.45) is 5.92 Å². The van der Waals surface area contributed by atoms with E-state index in [1.165, 1.54) is 12.1 Å². The molecule has 1 aliphatic heterocycles. The van der Waals surface area contributed by atoms with E-state index in [9.17, 15) is 14.3 Å². The molecule has 1 fully saturated rings. The second kappa shape index (κ2) is 6.32. The number of fused-ring (bicyclic) bond motifs is 1. The number of hydrogen-bond acceptors (Lipinski definition) is 2. The van der Waals surface area contributed by atoms with Crippen molar-refractivity contribution < 1.29 is 14.3 Å². The van der Waals surface area contributed by atoms with Crippen molar-refractivity contribution in [3.05, 3.63) is 35.3 Å². The summed E-state index contributed by atoms with van der Waals surface area (Å²) in [6.07, 6.45) is 1.65.